The minimum Gasteiger partial charge on any atom is -0.377 e. The van der Waals surface area contributed by atoms with E-state index in [2.05, 4.69) is 10.1 Å². The van der Waals surface area contributed by atoms with Crippen LogP contribution in [0.25, 0.3) is 0 Å². The van der Waals surface area contributed by atoms with Crippen LogP contribution in [0.2, 0.25) is 0 Å². The maximum Gasteiger partial charge on any atom is 0.345 e. The number of nitrogens with one attached hydrogen (secondary N) is 2. The summed E-state index contributed by atoms with van der Waals surface area (Å²) in [5.41, 5.74) is -1.93. The van der Waals surface area contributed by atoms with Crippen LogP contribution in [0, 0.1) is 17.5 Å². The van der Waals surface area contributed by atoms with Gasteiger partial charge in [0.2, 0.25) is 0 Å². The fourth-order valence-corrected chi connectivity index (χ4v) is 6.72. The van der Waals surface area contributed by atoms with Crippen molar-refractivity contribution < 1.29 is 44.6 Å². The highest BCUT2D eigenvalue weighted by molar-refractivity contribution is 7.99. The number of likely N-dealkylation sites (tertiary alicyclic amines) is 1. The Balaban J connectivity index is 1.45. The smallest absolute Gasteiger partial charge is 0.345 e. The first-order valence-electron chi connectivity index (χ1n) is 13.4. The zero-order chi connectivity index (χ0) is 30.5. The number of amides is 1. The molecule has 0 aromatic heterocycles. The molecule has 2 aliphatic rings. The first-order valence-corrected chi connectivity index (χ1v) is 15.8. The van der Waals surface area contributed by atoms with Gasteiger partial charge in [0.25, 0.3) is 15.9 Å². The Morgan fingerprint density at radius 1 is 1.14 bits per heavy atom. The van der Waals surface area contributed by atoms with Gasteiger partial charge < -0.3 is 14.8 Å². The molecule has 8 nitrogen and oxygen atoms in total. The molecule has 15 heteroatoms. The van der Waals surface area contributed by atoms with E-state index in [4.69, 9.17) is 4.74 Å². The van der Waals surface area contributed by atoms with Gasteiger partial charge in [0, 0.05) is 42.9 Å². The number of nitrogens with zero attached hydrogens (tertiary/aromatic N) is 1. The predicted octanol–water partition coefficient (Wildman–Crippen LogP) is 4.75. The topological polar surface area (TPSA) is 97.0 Å². The Labute approximate surface area is 245 Å². The zero-order valence-corrected chi connectivity index (χ0v) is 24.4. The average Bonchev–Trinajstić information content (AvgIpc) is 2.90. The third-order valence-electron chi connectivity index (χ3n) is 7.13. The van der Waals surface area contributed by atoms with Crippen molar-refractivity contribution >= 4 is 33.4 Å². The number of ether oxygens (including phenoxy) is 2. The number of rotatable bonds is 13. The van der Waals surface area contributed by atoms with Crippen molar-refractivity contribution in [2.24, 2.45) is 0 Å². The molecule has 0 unspecified atom stereocenters. The lowest BCUT2D eigenvalue weighted by molar-refractivity contribution is -0.195. The minimum atomic E-state index is -4.61. The van der Waals surface area contributed by atoms with E-state index in [9.17, 15) is 26.4 Å². The quantitative estimate of drug-likeness (QED) is 0.240. The van der Waals surface area contributed by atoms with Crippen molar-refractivity contribution in [3.05, 3.63) is 53.8 Å². The second-order valence-corrected chi connectivity index (χ2v) is 13.2. The molecule has 4 rings (SSSR count). The predicted molar refractivity (Wildman–Crippen MR) is 146 cm³/mol. The first kappa shape index (κ1) is 32.5. The Hall–Kier alpha value is -2.46. The maximum atomic E-state index is 15.2. The molecule has 42 heavy (non-hydrogen) atoms. The van der Waals surface area contributed by atoms with Gasteiger partial charge in [-0.05, 0) is 69.0 Å². The van der Waals surface area contributed by atoms with E-state index in [1.807, 2.05) is 9.62 Å². The third kappa shape index (κ3) is 8.56. The van der Waals surface area contributed by atoms with Crippen molar-refractivity contribution in [3.63, 3.8) is 0 Å². The van der Waals surface area contributed by atoms with Crippen LogP contribution in [0.4, 0.5) is 27.6 Å². The van der Waals surface area contributed by atoms with Crippen LogP contribution in [0.3, 0.4) is 0 Å². The second-order valence-electron chi connectivity index (χ2n) is 10.4. The van der Waals surface area contributed by atoms with E-state index in [0.717, 1.165) is 6.42 Å². The molecule has 0 bridgehead atoms. The fraction of sp³-hybridized carbons (Fsp3) is 0.519. The molecule has 2 saturated heterocycles. The minimum absolute atomic E-state index is 0.285. The summed E-state index contributed by atoms with van der Waals surface area (Å²) in [5, 5.41) is 2.80. The summed E-state index contributed by atoms with van der Waals surface area (Å²) in [5.74, 6) is -3.41. The Kier molecular flexibility index (Phi) is 10.7. The van der Waals surface area contributed by atoms with Gasteiger partial charge in [-0.1, -0.05) is 0 Å². The van der Waals surface area contributed by atoms with E-state index >= 15 is 8.78 Å². The summed E-state index contributed by atoms with van der Waals surface area (Å²) in [4.78, 5) is 14.4. The fourth-order valence-electron chi connectivity index (χ4n) is 4.65. The molecule has 0 saturated carbocycles. The lowest BCUT2D eigenvalue weighted by Crippen LogP contribution is -2.53. The van der Waals surface area contributed by atoms with Gasteiger partial charge in [0.1, 0.15) is 17.1 Å². The number of halogens is 5. The van der Waals surface area contributed by atoms with Crippen molar-refractivity contribution in [2.75, 3.05) is 37.3 Å². The number of benzene rings is 2. The number of carbonyl (C=O) groups excluding carboxylic acids is 1. The maximum absolute atomic E-state index is 15.2. The monoisotopic (exact) mass is 637 g/mol. The molecular formula is C27H32F5N3O5S2. The SMILES string of the molecule is C[C@]1(C(=O)NS(=O)(=O)c2cc(F)c(N[C@H](CCN3CC(OC(F)F)C3)CSc3ccc(F)cc3)c(F)c2)CCCCO1. The highest BCUT2D eigenvalue weighted by Gasteiger charge is 2.38. The lowest BCUT2D eigenvalue weighted by Gasteiger charge is -2.39. The van der Waals surface area contributed by atoms with E-state index < -0.39 is 68.3 Å². The molecule has 0 spiro atoms. The molecule has 2 atom stereocenters. The molecule has 0 aliphatic carbocycles. The van der Waals surface area contributed by atoms with Crippen LogP contribution < -0.4 is 10.0 Å². The molecule has 2 fully saturated rings. The number of alkyl halides is 2. The zero-order valence-electron chi connectivity index (χ0n) is 22.8. The van der Waals surface area contributed by atoms with Crippen molar-refractivity contribution in [3.8, 4) is 0 Å². The van der Waals surface area contributed by atoms with Crippen LogP contribution in [-0.2, 0) is 24.3 Å². The van der Waals surface area contributed by atoms with Gasteiger partial charge in [0.05, 0.1) is 11.0 Å². The molecule has 2 aliphatic heterocycles. The number of carbonyl (C=O) groups is 1. The van der Waals surface area contributed by atoms with E-state index in [1.165, 1.54) is 30.8 Å². The number of anilines is 1. The lowest BCUT2D eigenvalue weighted by atomic mass is 9.95. The van der Waals surface area contributed by atoms with Gasteiger partial charge in [0.15, 0.2) is 11.6 Å². The first-order chi connectivity index (χ1) is 19.8. The molecule has 0 radical (unpaired) electrons. The Morgan fingerprint density at radius 3 is 2.40 bits per heavy atom. The highest BCUT2D eigenvalue weighted by Crippen LogP contribution is 2.29. The number of hydrogen-bond acceptors (Lipinski definition) is 8. The summed E-state index contributed by atoms with van der Waals surface area (Å²) in [6.07, 6.45) is 1.45. The second kappa shape index (κ2) is 13.9. The van der Waals surface area contributed by atoms with Crippen LogP contribution in [0.15, 0.2) is 46.2 Å². The molecule has 2 heterocycles. The Bertz CT molecular complexity index is 1320. The molecule has 2 N–H and O–H groups in total. The average molecular weight is 638 g/mol. The molecule has 2 aromatic rings. The van der Waals surface area contributed by atoms with Crippen LogP contribution >= 0.6 is 11.8 Å². The van der Waals surface area contributed by atoms with Crippen LogP contribution in [-0.4, -0.2) is 75.6 Å². The molecule has 2 aromatic carbocycles. The van der Waals surface area contributed by atoms with Gasteiger partial charge in [-0.3, -0.25) is 9.69 Å². The third-order valence-corrected chi connectivity index (χ3v) is 9.61. The summed E-state index contributed by atoms with van der Waals surface area (Å²) in [6.45, 7) is -0.140. The van der Waals surface area contributed by atoms with E-state index in [-0.39, 0.29) is 19.7 Å². The van der Waals surface area contributed by atoms with Crippen LogP contribution in [0.5, 0.6) is 0 Å². The normalized spacial score (nSPS) is 20.7. The highest BCUT2D eigenvalue weighted by atomic mass is 32.2. The van der Waals surface area contributed by atoms with Crippen LogP contribution in [0.1, 0.15) is 32.6 Å². The van der Waals surface area contributed by atoms with Gasteiger partial charge in [-0.25, -0.2) is 26.3 Å². The number of thioether (sulfide) groups is 1. The molecule has 232 valence electrons. The Morgan fingerprint density at radius 2 is 1.81 bits per heavy atom. The van der Waals surface area contributed by atoms with Gasteiger partial charge in [-0.15, -0.1) is 11.8 Å². The summed E-state index contributed by atoms with van der Waals surface area (Å²) < 4.78 is 106. The largest absolute Gasteiger partial charge is 0.377 e. The molecular weight excluding hydrogens is 605 g/mol. The summed E-state index contributed by atoms with van der Waals surface area (Å²) >= 11 is 1.31. The molecule has 1 amide bonds. The van der Waals surface area contributed by atoms with Crippen molar-refractivity contribution in [1.29, 1.82) is 0 Å². The summed E-state index contributed by atoms with van der Waals surface area (Å²) in [6, 6.07) is 6.38. The van der Waals surface area contributed by atoms with Gasteiger partial charge >= 0.3 is 6.61 Å². The van der Waals surface area contributed by atoms with E-state index in [1.54, 1.807) is 12.1 Å². The number of sulfonamides is 1. The summed E-state index contributed by atoms with van der Waals surface area (Å²) in [7, 11) is -4.61. The van der Waals surface area contributed by atoms with Crippen molar-refractivity contribution in [1.82, 2.24) is 9.62 Å². The van der Waals surface area contributed by atoms with Gasteiger partial charge in [-0.2, -0.15) is 8.78 Å². The standard InChI is InChI=1S/C27H32F5N3O5S2/c1-27(9-2-3-11-39-27)25(36)34-42(37,38)21-12-22(29)24(23(30)13-21)33-18(16-41-20-6-4-17(28)5-7-20)8-10-35-14-19(15-35)40-26(31)32/h4-7,12-13,18-19,26,33H,2-3,8-11,14-16H2,1H3,(H,34,36)/t18-,27-/m1/s1. The number of hydrogen-bond donors (Lipinski definition) is 2. The van der Waals surface area contributed by atoms with E-state index in [0.29, 0.717) is 48.6 Å². The van der Waals surface area contributed by atoms with Crippen molar-refractivity contribution in [2.45, 2.75) is 66.8 Å².